The van der Waals surface area contributed by atoms with Crippen molar-refractivity contribution in [2.45, 2.75) is 12.5 Å². The van der Waals surface area contributed by atoms with Crippen LogP contribution in [-0.4, -0.2) is 40.8 Å². The third-order valence-electron chi connectivity index (χ3n) is 4.56. The van der Waals surface area contributed by atoms with Gasteiger partial charge in [0.15, 0.2) is 0 Å². The van der Waals surface area contributed by atoms with Crippen molar-refractivity contribution in [1.29, 1.82) is 0 Å². The number of halogens is 1. The quantitative estimate of drug-likeness (QED) is 0.894. The molecule has 24 heavy (non-hydrogen) atoms. The number of primary amides is 1. The Hall–Kier alpha value is -2.05. The van der Waals surface area contributed by atoms with E-state index < -0.39 is 0 Å². The number of ether oxygens (including phenoxy) is 1. The molecular weight excluding hydrogens is 328 g/mol. The lowest BCUT2D eigenvalue weighted by atomic mass is 9.90. The fourth-order valence-electron chi connectivity index (χ4n) is 3.36. The summed E-state index contributed by atoms with van der Waals surface area (Å²) in [5.41, 5.74) is 7.72. The van der Waals surface area contributed by atoms with E-state index in [4.69, 9.17) is 22.1 Å². The van der Waals surface area contributed by atoms with Gasteiger partial charge in [0.1, 0.15) is 5.75 Å². The van der Waals surface area contributed by atoms with Crippen LogP contribution in [0.1, 0.15) is 17.0 Å². The molecule has 0 spiro atoms. The number of hydrogen-bond acceptors (Lipinski definition) is 4. The van der Waals surface area contributed by atoms with E-state index in [0.717, 1.165) is 23.4 Å². The summed E-state index contributed by atoms with van der Waals surface area (Å²) in [6.45, 7) is 2.06. The first-order chi connectivity index (χ1) is 11.5. The number of benzene rings is 1. The molecule has 1 aliphatic heterocycles. The predicted octanol–water partition coefficient (Wildman–Crippen LogP) is 1.78. The van der Waals surface area contributed by atoms with Crippen LogP contribution in [0.3, 0.4) is 0 Å². The highest BCUT2D eigenvalue weighted by atomic mass is 35.5. The molecule has 1 aromatic heterocycles. The zero-order valence-electron chi connectivity index (χ0n) is 13.8. The SMILES string of the molecule is COc1cc(Cl)ccc1CN1C[C@H](C(N)=O)[C@@H](c2cnn(C)c2)C1. The Labute approximate surface area is 146 Å². The fourth-order valence-corrected chi connectivity index (χ4v) is 3.52. The van der Waals surface area contributed by atoms with Gasteiger partial charge < -0.3 is 10.5 Å². The van der Waals surface area contributed by atoms with Crippen molar-refractivity contribution in [2.75, 3.05) is 20.2 Å². The first kappa shape index (κ1) is 16.8. The first-order valence-electron chi connectivity index (χ1n) is 7.80. The van der Waals surface area contributed by atoms with Crippen molar-refractivity contribution in [3.05, 3.63) is 46.7 Å². The number of nitrogens with two attached hydrogens (primary N) is 1. The molecule has 1 aromatic carbocycles. The average molecular weight is 349 g/mol. The van der Waals surface area contributed by atoms with Crippen LogP contribution >= 0.6 is 11.6 Å². The summed E-state index contributed by atoms with van der Waals surface area (Å²) in [4.78, 5) is 14.1. The molecule has 1 amide bonds. The molecule has 2 aromatic rings. The van der Waals surface area contributed by atoms with Gasteiger partial charge in [0.05, 0.1) is 19.2 Å². The van der Waals surface area contributed by atoms with Gasteiger partial charge in [-0.1, -0.05) is 17.7 Å². The van der Waals surface area contributed by atoms with Crippen LogP contribution in [0.25, 0.3) is 0 Å². The number of methoxy groups -OCH3 is 1. The Balaban J connectivity index is 1.80. The maximum atomic E-state index is 11.9. The minimum atomic E-state index is -0.269. The third-order valence-corrected chi connectivity index (χ3v) is 4.79. The molecule has 1 saturated heterocycles. The maximum Gasteiger partial charge on any atom is 0.222 e. The van der Waals surface area contributed by atoms with Crippen molar-refractivity contribution in [3.63, 3.8) is 0 Å². The number of aryl methyl sites for hydroxylation is 1. The Morgan fingerprint density at radius 3 is 2.88 bits per heavy atom. The summed E-state index contributed by atoms with van der Waals surface area (Å²) in [5.74, 6) is 0.333. The molecule has 2 atom stereocenters. The van der Waals surface area contributed by atoms with Crippen LogP contribution in [0.2, 0.25) is 5.02 Å². The van der Waals surface area contributed by atoms with Gasteiger partial charge in [0, 0.05) is 49.4 Å². The van der Waals surface area contributed by atoms with Crippen LogP contribution in [0.5, 0.6) is 5.75 Å². The van der Waals surface area contributed by atoms with Gasteiger partial charge in [0.25, 0.3) is 0 Å². The summed E-state index contributed by atoms with van der Waals surface area (Å²) < 4.78 is 7.16. The molecule has 0 unspecified atom stereocenters. The lowest BCUT2D eigenvalue weighted by molar-refractivity contribution is -0.121. The van der Waals surface area contributed by atoms with Gasteiger partial charge in [-0.15, -0.1) is 0 Å². The number of amides is 1. The fraction of sp³-hybridized carbons (Fsp3) is 0.412. The molecule has 2 N–H and O–H groups in total. The van der Waals surface area contributed by atoms with Gasteiger partial charge in [-0.3, -0.25) is 14.4 Å². The highest BCUT2D eigenvalue weighted by Crippen LogP contribution is 2.34. The molecule has 0 aliphatic carbocycles. The van der Waals surface area contributed by atoms with Crippen LogP contribution in [0.4, 0.5) is 0 Å². The molecule has 0 saturated carbocycles. The third kappa shape index (κ3) is 3.39. The second-order valence-corrected chi connectivity index (χ2v) is 6.65. The molecule has 7 heteroatoms. The van der Waals surface area contributed by atoms with E-state index in [0.29, 0.717) is 18.1 Å². The lowest BCUT2D eigenvalue weighted by Gasteiger charge is -2.17. The number of carbonyl (C=O) groups excluding carboxylic acids is 1. The van der Waals surface area contributed by atoms with Gasteiger partial charge >= 0.3 is 0 Å². The van der Waals surface area contributed by atoms with Crippen molar-refractivity contribution in [1.82, 2.24) is 14.7 Å². The number of aromatic nitrogens is 2. The van der Waals surface area contributed by atoms with Gasteiger partial charge in [-0.25, -0.2) is 0 Å². The van der Waals surface area contributed by atoms with Crippen LogP contribution in [0, 0.1) is 5.92 Å². The van der Waals surface area contributed by atoms with E-state index in [1.165, 1.54) is 0 Å². The van der Waals surface area contributed by atoms with Crippen LogP contribution in [0.15, 0.2) is 30.6 Å². The van der Waals surface area contributed by atoms with Crippen LogP contribution < -0.4 is 10.5 Å². The van der Waals surface area contributed by atoms with Crippen LogP contribution in [-0.2, 0) is 18.4 Å². The molecular formula is C17H21ClN4O2. The standard InChI is InChI=1S/C17H21ClN4O2/c1-21-7-12(6-20-21)14-9-22(10-15(14)17(19)23)8-11-3-4-13(18)5-16(11)24-2/h3-7,14-15H,8-10H2,1-2H3,(H2,19,23)/t14-,15+/m1/s1. The zero-order valence-corrected chi connectivity index (χ0v) is 14.5. The second-order valence-electron chi connectivity index (χ2n) is 6.21. The average Bonchev–Trinajstić information content (AvgIpc) is 3.15. The Bertz CT molecular complexity index is 746. The predicted molar refractivity (Wildman–Crippen MR) is 91.9 cm³/mol. The minimum absolute atomic E-state index is 0.0643. The van der Waals surface area contributed by atoms with Crippen molar-refractivity contribution >= 4 is 17.5 Å². The maximum absolute atomic E-state index is 11.9. The summed E-state index contributed by atoms with van der Waals surface area (Å²) >= 11 is 6.02. The molecule has 1 aliphatic rings. The Morgan fingerprint density at radius 1 is 1.46 bits per heavy atom. The van der Waals surface area contributed by atoms with Gasteiger partial charge in [-0.2, -0.15) is 5.10 Å². The number of likely N-dealkylation sites (tertiary alicyclic amines) is 1. The molecule has 1 fully saturated rings. The van der Waals surface area contributed by atoms with E-state index in [1.807, 2.05) is 31.6 Å². The first-order valence-corrected chi connectivity index (χ1v) is 8.18. The zero-order chi connectivity index (χ0) is 17.3. The molecule has 0 radical (unpaired) electrons. The van der Waals surface area contributed by atoms with Crippen molar-refractivity contribution < 1.29 is 9.53 Å². The Kier molecular flexibility index (Phi) is 4.78. The number of nitrogens with zero attached hydrogens (tertiary/aromatic N) is 3. The largest absolute Gasteiger partial charge is 0.496 e. The molecule has 2 heterocycles. The van der Waals surface area contributed by atoms with E-state index in [9.17, 15) is 4.79 Å². The van der Waals surface area contributed by atoms with E-state index in [-0.39, 0.29) is 17.7 Å². The molecule has 6 nitrogen and oxygen atoms in total. The summed E-state index contributed by atoms with van der Waals surface area (Å²) in [6, 6.07) is 5.61. The summed E-state index contributed by atoms with van der Waals surface area (Å²) in [5, 5.41) is 4.85. The number of hydrogen-bond donors (Lipinski definition) is 1. The highest BCUT2D eigenvalue weighted by Gasteiger charge is 2.38. The molecule has 0 bridgehead atoms. The van der Waals surface area contributed by atoms with Crippen molar-refractivity contribution in [2.24, 2.45) is 18.7 Å². The monoisotopic (exact) mass is 348 g/mol. The van der Waals surface area contributed by atoms with Crippen molar-refractivity contribution in [3.8, 4) is 5.75 Å². The summed E-state index contributed by atoms with van der Waals surface area (Å²) in [6.07, 6.45) is 3.76. The second kappa shape index (κ2) is 6.83. The smallest absolute Gasteiger partial charge is 0.222 e. The molecule has 128 valence electrons. The van der Waals surface area contributed by atoms with E-state index >= 15 is 0 Å². The van der Waals surface area contributed by atoms with E-state index in [1.54, 1.807) is 17.9 Å². The normalized spacial score (nSPS) is 21.1. The minimum Gasteiger partial charge on any atom is -0.496 e. The highest BCUT2D eigenvalue weighted by molar-refractivity contribution is 6.30. The van der Waals surface area contributed by atoms with Gasteiger partial charge in [0.2, 0.25) is 5.91 Å². The topological polar surface area (TPSA) is 73.4 Å². The summed E-state index contributed by atoms with van der Waals surface area (Å²) in [7, 11) is 3.50. The molecule has 3 rings (SSSR count). The Morgan fingerprint density at radius 2 is 2.25 bits per heavy atom. The van der Waals surface area contributed by atoms with Gasteiger partial charge in [-0.05, 0) is 17.7 Å². The number of carbonyl (C=O) groups is 1. The number of rotatable bonds is 5. The lowest BCUT2D eigenvalue weighted by Crippen LogP contribution is -2.29. The van der Waals surface area contributed by atoms with E-state index in [2.05, 4.69) is 10.00 Å².